The van der Waals surface area contributed by atoms with Gasteiger partial charge in [-0.2, -0.15) is 0 Å². The highest BCUT2D eigenvalue weighted by atomic mass is 79.9. The van der Waals surface area contributed by atoms with Crippen LogP contribution in [0.3, 0.4) is 0 Å². The summed E-state index contributed by atoms with van der Waals surface area (Å²) < 4.78 is 19.8. The molecule has 1 fully saturated rings. The molecule has 0 amide bonds. The predicted molar refractivity (Wildman–Crippen MR) is 69.4 cm³/mol. The SMILES string of the molecule is CC1CC(NCc2ccc(Br)cc2F)CCO1. The summed E-state index contributed by atoms with van der Waals surface area (Å²) in [6.07, 6.45) is 2.30. The molecule has 2 atom stereocenters. The Morgan fingerprint density at radius 3 is 3.06 bits per heavy atom. The molecule has 4 heteroatoms. The van der Waals surface area contributed by atoms with Gasteiger partial charge in [-0.25, -0.2) is 4.39 Å². The van der Waals surface area contributed by atoms with Crippen LogP contribution in [0.1, 0.15) is 25.3 Å². The number of hydrogen-bond donors (Lipinski definition) is 1. The summed E-state index contributed by atoms with van der Waals surface area (Å²) in [5.74, 6) is -0.160. The van der Waals surface area contributed by atoms with Crippen molar-refractivity contribution in [3.8, 4) is 0 Å². The van der Waals surface area contributed by atoms with Gasteiger partial charge in [-0.1, -0.05) is 22.0 Å². The molecule has 0 spiro atoms. The van der Waals surface area contributed by atoms with Crippen LogP contribution in [0.4, 0.5) is 4.39 Å². The summed E-state index contributed by atoms with van der Waals surface area (Å²) in [7, 11) is 0. The molecular formula is C13H17BrFNO. The Bertz CT molecular complexity index is 386. The van der Waals surface area contributed by atoms with Gasteiger partial charge in [0.2, 0.25) is 0 Å². The second kappa shape index (κ2) is 5.94. The fourth-order valence-electron chi connectivity index (χ4n) is 2.10. The fourth-order valence-corrected chi connectivity index (χ4v) is 2.44. The largest absolute Gasteiger partial charge is 0.378 e. The van der Waals surface area contributed by atoms with E-state index in [-0.39, 0.29) is 5.82 Å². The molecule has 0 bridgehead atoms. The zero-order valence-corrected chi connectivity index (χ0v) is 11.5. The molecule has 1 aromatic rings. The summed E-state index contributed by atoms with van der Waals surface area (Å²) in [4.78, 5) is 0. The summed E-state index contributed by atoms with van der Waals surface area (Å²) >= 11 is 3.25. The minimum absolute atomic E-state index is 0.160. The maximum atomic E-state index is 13.6. The lowest BCUT2D eigenvalue weighted by Gasteiger charge is -2.28. The third-order valence-corrected chi connectivity index (χ3v) is 3.57. The van der Waals surface area contributed by atoms with Gasteiger partial charge in [0.1, 0.15) is 5.82 Å². The monoisotopic (exact) mass is 301 g/mol. The Hall–Kier alpha value is -0.450. The van der Waals surface area contributed by atoms with Crippen molar-refractivity contribution < 1.29 is 9.13 Å². The summed E-state index contributed by atoms with van der Waals surface area (Å²) in [5.41, 5.74) is 0.715. The third-order valence-electron chi connectivity index (χ3n) is 3.08. The van der Waals surface area contributed by atoms with Crippen LogP contribution in [0.5, 0.6) is 0 Å². The molecule has 1 aromatic carbocycles. The highest BCUT2D eigenvalue weighted by molar-refractivity contribution is 9.10. The second-order valence-corrected chi connectivity index (χ2v) is 5.44. The van der Waals surface area contributed by atoms with Crippen molar-refractivity contribution in [3.05, 3.63) is 34.1 Å². The first-order valence-corrected chi connectivity index (χ1v) is 6.73. The van der Waals surface area contributed by atoms with Crippen molar-refractivity contribution in [2.24, 2.45) is 0 Å². The molecule has 2 rings (SSSR count). The Labute approximate surface area is 110 Å². The molecule has 1 saturated heterocycles. The van der Waals surface area contributed by atoms with Gasteiger partial charge in [0.05, 0.1) is 6.10 Å². The van der Waals surface area contributed by atoms with E-state index in [2.05, 4.69) is 28.2 Å². The van der Waals surface area contributed by atoms with E-state index in [9.17, 15) is 4.39 Å². The number of hydrogen-bond acceptors (Lipinski definition) is 2. The Kier molecular flexibility index (Phi) is 4.54. The van der Waals surface area contributed by atoms with E-state index >= 15 is 0 Å². The Morgan fingerprint density at radius 1 is 1.53 bits per heavy atom. The van der Waals surface area contributed by atoms with E-state index < -0.39 is 0 Å². The molecule has 2 nitrogen and oxygen atoms in total. The smallest absolute Gasteiger partial charge is 0.128 e. The molecule has 94 valence electrons. The van der Waals surface area contributed by atoms with Crippen molar-refractivity contribution in [3.63, 3.8) is 0 Å². The highest BCUT2D eigenvalue weighted by Crippen LogP contribution is 2.17. The average molecular weight is 302 g/mol. The van der Waals surface area contributed by atoms with Gasteiger partial charge in [-0.15, -0.1) is 0 Å². The normalized spacial score (nSPS) is 24.9. The van der Waals surface area contributed by atoms with Crippen LogP contribution >= 0.6 is 15.9 Å². The zero-order valence-electron chi connectivity index (χ0n) is 9.88. The van der Waals surface area contributed by atoms with E-state index in [0.29, 0.717) is 24.3 Å². The zero-order chi connectivity index (χ0) is 12.3. The molecular weight excluding hydrogens is 285 g/mol. The number of ether oxygens (including phenoxy) is 1. The first kappa shape index (κ1) is 13.0. The summed E-state index contributed by atoms with van der Waals surface area (Å²) in [6, 6.07) is 5.62. The molecule has 1 aliphatic heterocycles. The lowest BCUT2D eigenvalue weighted by Crippen LogP contribution is -2.37. The quantitative estimate of drug-likeness (QED) is 0.925. The maximum absolute atomic E-state index is 13.6. The van der Waals surface area contributed by atoms with Gasteiger partial charge in [0.25, 0.3) is 0 Å². The standard InChI is InChI=1S/C13H17BrFNO/c1-9-6-12(4-5-17-9)16-8-10-2-3-11(14)7-13(10)15/h2-3,7,9,12,16H,4-6,8H2,1H3. The number of rotatable bonds is 3. The van der Waals surface area contributed by atoms with E-state index in [4.69, 9.17) is 4.74 Å². The van der Waals surface area contributed by atoms with Crippen molar-refractivity contribution in [1.82, 2.24) is 5.32 Å². The van der Waals surface area contributed by atoms with Crippen molar-refractivity contribution in [2.45, 2.75) is 38.5 Å². The number of nitrogens with one attached hydrogen (secondary N) is 1. The van der Waals surface area contributed by atoms with Gasteiger partial charge >= 0.3 is 0 Å². The van der Waals surface area contributed by atoms with E-state index in [1.807, 2.05) is 12.1 Å². The van der Waals surface area contributed by atoms with Gasteiger partial charge in [0, 0.05) is 29.2 Å². The number of benzene rings is 1. The first-order valence-electron chi connectivity index (χ1n) is 5.94. The van der Waals surface area contributed by atoms with E-state index in [0.717, 1.165) is 23.9 Å². The molecule has 1 N–H and O–H groups in total. The molecule has 0 aliphatic carbocycles. The van der Waals surface area contributed by atoms with Crippen LogP contribution in [-0.4, -0.2) is 18.8 Å². The van der Waals surface area contributed by atoms with Crippen LogP contribution in [0, 0.1) is 5.82 Å². The lowest BCUT2D eigenvalue weighted by atomic mass is 10.0. The second-order valence-electron chi connectivity index (χ2n) is 4.52. The highest BCUT2D eigenvalue weighted by Gasteiger charge is 2.18. The first-order chi connectivity index (χ1) is 8.15. The van der Waals surface area contributed by atoms with Crippen LogP contribution in [0.15, 0.2) is 22.7 Å². The van der Waals surface area contributed by atoms with Crippen LogP contribution in [0.2, 0.25) is 0 Å². The minimum atomic E-state index is -0.160. The number of halogens is 2. The molecule has 17 heavy (non-hydrogen) atoms. The molecule has 0 aromatic heterocycles. The summed E-state index contributed by atoms with van der Waals surface area (Å²) in [6.45, 7) is 3.45. The van der Waals surface area contributed by atoms with E-state index in [1.165, 1.54) is 6.07 Å². The molecule has 1 aliphatic rings. The topological polar surface area (TPSA) is 21.3 Å². The fraction of sp³-hybridized carbons (Fsp3) is 0.538. The van der Waals surface area contributed by atoms with Gasteiger partial charge in [-0.3, -0.25) is 0 Å². The maximum Gasteiger partial charge on any atom is 0.128 e. The van der Waals surface area contributed by atoms with Gasteiger partial charge < -0.3 is 10.1 Å². The molecule has 0 radical (unpaired) electrons. The third kappa shape index (κ3) is 3.76. The van der Waals surface area contributed by atoms with Crippen LogP contribution < -0.4 is 5.32 Å². The van der Waals surface area contributed by atoms with E-state index in [1.54, 1.807) is 0 Å². The Balaban J connectivity index is 1.88. The van der Waals surface area contributed by atoms with Crippen LogP contribution in [-0.2, 0) is 11.3 Å². The van der Waals surface area contributed by atoms with Gasteiger partial charge in [0.15, 0.2) is 0 Å². The predicted octanol–water partition coefficient (Wildman–Crippen LogP) is 3.25. The van der Waals surface area contributed by atoms with Gasteiger partial charge in [-0.05, 0) is 31.9 Å². The molecule has 2 unspecified atom stereocenters. The average Bonchev–Trinajstić information content (AvgIpc) is 2.28. The molecule has 1 heterocycles. The van der Waals surface area contributed by atoms with Crippen LogP contribution in [0.25, 0.3) is 0 Å². The molecule has 0 saturated carbocycles. The summed E-state index contributed by atoms with van der Waals surface area (Å²) in [5, 5.41) is 3.39. The lowest BCUT2D eigenvalue weighted by molar-refractivity contribution is 0.0130. The van der Waals surface area contributed by atoms with Crippen molar-refractivity contribution >= 4 is 15.9 Å². The van der Waals surface area contributed by atoms with Crippen molar-refractivity contribution in [1.29, 1.82) is 0 Å². The Morgan fingerprint density at radius 2 is 2.35 bits per heavy atom. The minimum Gasteiger partial charge on any atom is -0.378 e. The van der Waals surface area contributed by atoms with Crippen molar-refractivity contribution in [2.75, 3.05) is 6.61 Å².